The van der Waals surface area contributed by atoms with Crippen molar-refractivity contribution in [2.75, 3.05) is 13.1 Å². The number of rotatable bonds is 4. The number of likely N-dealkylation sites (tertiary alicyclic amines) is 1. The molecule has 0 bridgehead atoms. The first-order valence-corrected chi connectivity index (χ1v) is 11.6. The van der Waals surface area contributed by atoms with Crippen molar-refractivity contribution >= 4 is 17.0 Å². The molecule has 0 spiro atoms. The lowest BCUT2D eigenvalue weighted by Crippen LogP contribution is -2.48. The molecular formula is C26H25F3N4O4. The van der Waals surface area contributed by atoms with Crippen LogP contribution in [-0.2, 0) is 11.3 Å². The van der Waals surface area contributed by atoms with Crippen LogP contribution in [0.4, 0.5) is 18.0 Å². The first-order valence-electron chi connectivity index (χ1n) is 11.6. The second-order valence-electron chi connectivity index (χ2n) is 9.92. The van der Waals surface area contributed by atoms with Gasteiger partial charge >= 0.3 is 6.09 Å². The van der Waals surface area contributed by atoms with Crippen LogP contribution in [0, 0.1) is 23.0 Å². The van der Waals surface area contributed by atoms with E-state index in [1.807, 2.05) is 0 Å². The third-order valence-electron chi connectivity index (χ3n) is 5.95. The molecule has 2 heterocycles. The Morgan fingerprint density at radius 3 is 2.49 bits per heavy atom. The van der Waals surface area contributed by atoms with Crippen LogP contribution >= 0.6 is 0 Å². The number of fused-ring (bicyclic) bond motifs is 1. The summed E-state index contributed by atoms with van der Waals surface area (Å²) in [6.07, 6.45) is 0.749. The van der Waals surface area contributed by atoms with Crippen LogP contribution in [0.3, 0.4) is 0 Å². The summed E-state index contributed by atoms with van der Waals surface area (Å²) in [4.78, 5) is 31.1. The number of nitriles is 1. The standard InChI is InChI=1S/C26H25F3N4O4/c1-25(2,3)37-24(35)32-10-8-26(29,9-11-32)14-33-15-31-21-7-4-16(12-17(21)23(33)34)36-22-18(13-30)19(27)5-6-20(22)28/h4-7,12,15H,8-11,14H2,1-3H3. The summed E-state index contributed by atoms with van der Waals surface area (Å²) in [7, 11) is 0. The topological polar surface area (TPSA) is 97.4 Å². The number of aromatic nitrogens is 2. The number of hydrogen-bond acceptors (Lipinski definition) is 6. The van der Waals surface area contributed by atoms with Crippen LogP contribution in [0.2, 0.25) is 0 Å². The second kappa shape index (κ2) is 9.76. The van der Waals surface area contributed by atoms with E-state index >= 15 is 4.39 Å². The number of halogens is 3. The maximum absolute atomic E-state index is 15.6. The Bertz CT molecular complexity index is 1450. The summed E-state index contributed by atoms with van der Waals surface area (Å²) in [5, 5.41) is 9.24. The molecule has 1 aromatic heterocycles. The summed E-state index contributed by atoms with van der Waals surface area (Å²) < 4.78 is 55.7. The molecule has 4 rings (SSSR count). The SMILES string of the molecule is CC(C)(C)OC(=O)N1CCC(F)(Cn2cnc3ccc(Oc4c(F)ccc(F)c4C#N)cc3c2=O)CC1. The van der Waals surface area contributed by atoms with E-state index in [0.29, 0.717) is 5.52 Å². The van der Waals surface area contributed by atoms with Crippen molar-refractivity contribution in [3.63, 3.8) is 0 Å². The van der Waals surface area contributed by atoms with Gasteiger partial charge in [0.15, 0.2) is 11.6 Å². The van der Waals surface area contributed by atoms with Crippen molar-refractivity contribution < 1.29 is 27.4 Å². The molecule has 37 heavy (non-hydrogen) atoms. The van der Waals surface area contributed by atoms with Crippen molar-refractivity contribution in [2.45, 2.75) is 51.4 Å². The van der Waals surface area contributed by atoms with E-state index in [4.69, 9.17) is 14.7 Å². The molecule has 1 amide bonds. The number of hydrogen-bond donors (Lipinski definition) is 0. The molecule has 0 aliphatic carbocycles. The zero-order valence-corrected chi connectivity index (χ0v) is 20.6. The summed E-state index contributed by atoms with van der Waals surface area (Å²) in [5.74, 6) is -2.52. The molecule has 0 saturated carbocycles. The van der Waals surface area contributed by atoms with Gasteiger partial charge in [0.1, 0.15) is 34.5 Å². The summed E-state index contributed by atoms with van der Waals surface area (Å²) >= 11 is 0. The minimum absolute atomic E-state index is 0.00958. The first kappa shape index (κ1) is 26.0. The van der Waals surface area contributed by atoms with E-state index in [0.717, 1.165) is 16.7 Å². The average molecular weight is 515 g/mol. The van der Waals surface area contributed by atoms with Crippen LogP contribution in [0.1, 0.15) is 39.2 Å². The molecule has 0 radical (unpaired) electrons. The quantitative estimate of drug-likeness (QED) is 0.482. The van der Waals surface area contributed by atoms with Crippen LogP contribution in [0.25, 0.3) is 10.9 Å². The lowest BCUT2D eigenvalue weighted by atomic mass is 9.93. The normalized spacial score (nSPS) is 15.3. The highest BCUT2D eigenvalue weighted by molar-refractivity contribution is 5.79. The molecular weight excluding hydrogens is 489 g/mol. The predicted molar refractivity (Wildman–Crippen MR) is 128 cm³/mol. The van der Waals surface area contributed by atoms with Gasteiger partial charge in [-0.05, 0) is 51.1 Å². The largest absolute Gasteiger partial charge is 0.453 e. The highest BCUT2D eigenvalue weighted by Gasteiger charge is 2.38. The summed E-state index contributed by atoms with van der Waals surface area (Å²) in [6, 6.07) is 7.33. The van der Waals surface area contributed by atoms with E-state index in [1.165, 1.54) is 29.4 Å². The van der Waals surface area contributed by atoms with E-state index in [9.17, 15) is 18.4 Å². The van der Waals surface area contributed by atoms with Gasteiger partial charge in [-0.25, -0.2) is 22.9 Å². The number of carbonyl (C=O) groups is 1. The molecule has 11 heteroatoms. The fourth-order valence-corrected chi connectivity index (χ4v) is 4.05. The molecule has 194 valence electrons. The Morgan fingerprint density at radius 1 is 1.16 bits per heavy atom. The van der Waals surface area contributed by atoms with Gasteiger partial charge in [0.2, 0.25) is 0 Å². The zero-order valence-electron chi connectivity index (χ0n) is 20.6. The molecule has 8 nitrogen and oxygen atoms in total. The van der Waals surface area contributed by atoms with Crippen molar-refractivity contribution in [3.05, 3.63) is 64.2 Å². The van der Waals surface area contributed by atoms with E-state index in [1.54, 1.807) is 26.8 Å². The van der Waals surface area contributed by atoms with Crippen molar-refractivity contribution in [3.8, 4) is 17.6 Å². The molecule has 0 atom stereocenters. The van der Waals surface area contributed by atoms with Gasteiger partial charge in [0.05, 0.1) is 23.8 Å². The Balaban J connectivity index is 1.55. The van der Waals surface area contributed by atoms with Crippen molar-refractivity contribution in [1.82, 2.24) is 14.5 Å². The molecule has 3 aromatic rings. The minimum Gasteiger partial charge on any atom is -0.453 e. The van der Waals surface area contributed by atoms with Gasteiger partial charge in [-0.2, -0.15) is 5.26 Å². The van der Waals surface area contributed by atoms with Crippen LogP contribution in [-0.4, -0.2) is 44.9 Å². The molecule has 0 unspecified atom stereocenters. The average Bonchev–Trinajstić information content (AvgIpc) is 2.83. The van der Waals surface area contributed by atoms with Gasteiger partial charge in [-0.15, -0.1) is 0 Å². The third kappa shape index (κ3) is 5.69. The van der Waals surface area contributed by atoms with Gasteiger partial charge in [-0.1, -0.05) is 0 Å². The fraction of sp³-hybridized carbons (Fsp3) is 0.385. The molecule has 2 aromatic carbocycles. The number of ether oxygens (including phenoxy) is 2. The minimum atomic E-state index is -1.75. The monoisotopic (exact) mass is 514 g/mol. The van der Waals surface area contributed by atoms with Crippen molar-refractivity contribution in [2.24, 2.45) is 0 Å². The zero-order chi connectivity index (χ0) is 27.0. The van der Waals surface area contributed by atoms with Gasteiger partial charge in [0.25, 0.3) is 5.56 Å². The lowest BCUT2D eigenvalue weighted by Gasteiger charge is -2.37. The maximum Gasteiger partial charge on any atom is 0.410 e. The molecule has 1 aliphatic heterocycles. The van der Waals surface area contributed by atoms with Crippen LogP contribution in [0.15, 0.2) is 41.5 Å². The highest BCUT2D eigenvalue weighted by Crippen LogP contribution is 2.32. The summed E-state index contributed by atoms with van der Waals surface area (Å²) in [5.41, 5.74) is -3.28. The predicted octanol–water partition coefficient (Wildman–Crippen LogP) is 5.08. The summed E-state index contributed by atoms with van der Waals surface area (Å²) in [6.45, 7) is 5.25. The van der Waals surface area contributed by atoms with E-state index in [2.05, 4.69) is 4.98 Å². The molecule has 1 aliphatic rings. The lowest BCUT2D eigenvalue weighted by molar-refractivity contribution is -0.000803. The number of carbonyl (C=O) groups excluding carboxylic acids is 1. The Labute approximate surface area is 210 Å². The van der Waals surface area contributed by atoms with Crippen LogP contribution < -0.4 is 10.3 Å². The Hall–Kier alpha value is -4.07. The molecule has 1 saturated heterocycles. The number of piperidine rings is 1. The first-order chi connectivity index (χ1) is 17.4. The third-order valence-corrected chi connectivity index (χ3v) is 5.95. The second-order valence-corrected chi connectivity index (χ2v) is 9.92. The maximum atomic E-state index is 15.6. The number of nitrogens with zero attached hydrogens (tertiary/aromatic N) is 4. The van der Waals surface area contributed by atoms with Gasteiger partial charge < -0.3 is 14.4 Å². The Morgan fingerprint density at radius 2 is 1.84 bits per heavy atom. The number of benzene rings is 2. The number of alkyl halides is 1. The fourth-order valence-electron chi connectivity index (χ4n) is 4.05. The molecule has 0 N–H and O–H groups in total. The van der Waals surface area contributed by atoms with Gasteiger partial charge in [-0.3, -0.25) is 9.36 Å². The van der Waals surface area contributed by atoms with Gasteiger partial charge in [0, 0.05) is 25.9 Å². The molecule has 1 fully saturated rings. The highest BCUT2D eigenvalue weighted by atomic mass is 19.1. The van der Waals surface area contributed by atoms with Crippen LogP contribution in [0.5, 0.6) is 11.5 Å². The van der Waals surface area contributed by atoms with E-state index < -0.39 is 45.9 Å². The van der Waals surface area contributed by atoms with Crippen molar-refractivity contribution in [1.29, 1.82) is 5.26 Å². The Kier molecular flexibility index (Phi) is 6.86. The van der Waals surface area contributed by atoms with E-state index in [-0.39, 0.29) is 43.6 Å². The number of amides is 1. The smallest absolute Gasteiger partial charge is 0.410 e.